The van der Waals surface area contributed by atoms with Crippen LogP contribution in [-0.2, 0) is 17.8 Å². The van der Waals surface area contributed by atoms with E-state index in [1.54, 1.807) is 0 Å². The number of rotatable bonds is 12. The van der Waals surface area contributed by atoms with Gasteiger partial charge in [0.25, 0.3) is 0 Å². The average molecular weight is 430 g/mol. The van der Waals surface area contributed by atoms with E-state index in [0.717, 1.165) is 64.5 Å². The van der Waals surface area contributed by atoms with Gasteiger partial charge in [-0.25, -0.2) is 0 Å². The third kappa shape index (κ3) is 8.90. The van der Waals surface area contributed by atoms with Gasteiger partial charge >= 0.3 is 0 Å². The van der Waals surface area contributed by atoms with Gasteiger partial charge in [-0.2, -0.15) is 0 Å². The maximum atomic E-state index is 12.6. The standard InChI is InChI=1S/C25H43N5O/c1-5-26-25(28-21(4)12-11-18-29(6-2)7-3)27-17-10-15-24(31)30-19-16-22-13-8-9-14-23(22)20-30/h8-9,13-14,21H,5-7,10-12,15-20H2,1-4H3,(H2,26,27,28). The van der Waals surface area contributed by atoms with Gasteiger partial charge in [0.1, 0.15) is 0 Å². The van der Waals surface area contributed by atoms with E-state index in [-0.39, 0.29) is 5.91 Å². The molecule has 1 amide bonds. The van der Waals surface area contributed by atoms with Gasteiger partial charge in [0.2, 0.25) is 5.91 Å². The molecule has 0 aliphatic carbocycles. The molecule has 1 aliphatic heterocycles. The fraction of sp³-hybridized carbons (Fsp3) is 0.680. The molecule has 2 rings (SSSR count). The summed E-state index contributed by atoms with van der Waals surface area (Å²) in [6.07, 6.45) is 4.60. The van der Waals surface area contributed by atoms with Gasteiger partial charge in [-0.05, 0) is 70.3 Å². The molecule has 0 aromatic heterocycles. The second-order valence-electron chi connectivity index (χ2n) is 8.41. The molecule has 0 bridgehead atoms. The van der Waals surface area contributed by atoms with Crippen LogP contribution in [0.2, 0.25) is 0 Å². The van der Waals surface area contributed by atoms with Gasteiger partial charge < -0.3 is 20.4 Å². The lowest BCUT2D eigenvalue weighted by atomic mass is 9.99. The van der Waals surface area contributed by atoms with Crippen LogP contribution in [0.1, 0.15) is 64.5 Å². The summed E-state index contributed by atoms with van der Waals surface area (Å²) in [5, 5.41) is 6.85. The lowest BCUT2D eigenvalue weighted by molar-refractivity contribution is -0.132. The smallest absolute Gasteiger partial charge is 0.222 e. The third-order valence-electron chi connectivity index (χ3n) is 6.04. The van der Waals surface area contributed by atoms with E-state index < -0.39 is 0 Å². The molecule has 2 N–H and O–H groups in total. The molecular formula is C25H43N5O. The number of fused-ring (bicyclic) bond motifs is 1. The maximum Gasteiger partial charge on any atom is 0.222 e. The predicted molar refractivity (Wildman–Crippen MR) is 130 cm³/mol. The summed E-state index contributed by atoms with van der Waals surface area (Å²) in [5.41, 5.74) is 2.66. The lowest BCUT2D eigenvalue weighted by Crippen LogP contribution is -2.42. The highest BCUT2D eigenvalue weighted by Crippen LogP contribution is 2.19. The molecular weight excluding hydrogens is 386 g/mol. The first-order valence-corrected chi connectivity index (χ1v) is 12.2. The van der Waals surface area contributed by atoms with Crippen molar-refractivity contribution in [2.75, 3.05) is 39.3 Å². The second-order valence-corrected chi connectivity index (χ2v) is 8.41. The van der Waals surface area contributed by atoms with E-state index in [2.05, 4.69) is 67.5 Å². The molecule has 0 spiro atoms. The molecule has 0 fully saturated rings. The Morgan fingerprint density at radius 3 is 2.61 bits per heavy atom. The predicted octanol–water partition coefficient (Wildman–Crippen LogP) is 3.42. The highest BCUT2D eigenvalue weighted by atomic mass is 16.2. The molecule has 1 aromatic rings. The Bertz CT molecular complexity index is 686. The molecule has 6 heteroatoms. The highest BCUT2D eigenvalue weighted by molar-refractivity contribution is 5.80. The zero-order valence-corrected chi connectivity index (χ0v) is 20.1. The first-order valence-electron chi connectivity index (χ1n) is 12.2. The molecule has 0 saturated heterocycles. The first-order chi connectivity index (χ1) is 15.1. The van der Waals surface area contributed by atoms with Crippen molar-refractivity contribution in [1.82, 2.24) is 20.4 Å². The molecule has 1 unspecified atom stereocenters. The van der Waals surface area contributed by atoms with Crippen molar-refractivity contribution in [2.24, 2.45) is 4.99 Å². The van der Waals surface area contributed by atoms with Gasteiger partial charge in [-0.15, -0.1) is 0 Å². The zero-order chi connectivity index (χ0) is 22.5. The van der Waals surface area contributed by atoms with E-state index in [9.17, 15) is 4.79 Å². The van der Waals surface area contributed by atoms with Gasteiger partial charge in [0.15, 0.2) is 5.96 Å². The number of aliphatic imine (C=N–C) groups is 1. The number of hydrogen-bond acceptors (Lipinski definition) is 3. The summed E-state index contributed by atoms with van der Waals surface area (Å²) in [7, 11) is 0. The van der Waals surface area contributed by atoms with Crippen LogP contribution < -0.4 is 10.6 Å². The van der Waals surface area contributed by atoms with Crippen molar-refractivity contribution in [1.29, 1.82) is 0 Å². The minimum absolute atomic E-state index is 0.243. The zero-order valence-electron chi connectivity index (χ0n) is 20.1. The van der Waals surface area contributed by atoms with Crippen LogP contribution in [0.25, 0.3) is 0 Å². The molecule has 31 heavy (non-hydrogen) atoms. The summed E-state index contributed by atoms with van der Waals surface area (Å²) >= 11 is 0. The SMILES string of the molecule is CCNC(=NCCCC(=O)N1CCc2ccccc2C1)NC(C)CCCN(CC)CC. The van der Waals surface area contributed by atoms with Crippen LogP contribution in [0.15, 0.2) is 29.3 Å². The molecule has 174 valence electrons. The molecule has 1 atom stereocenters. The molecule has 1 aliphatic rings. The molecule has 0 radical (unpaired) electrons. The largest absolute Gasteiger partial charge is 0.357 e. The first kappa shape index (κ1) is 25.2. The number of benzene rings is 1. The average Bonchev–Trinajstić information content (AvgIpc) is 2.79. The Kier molecular flexibility index (Phi) is 11.4. The monoisotopic (exact) mass is 429 g/mol. The maximum absolute atomic E-state index is 12.6. The third-order valence-corrected chi connectivity index (χ3v) is 6.04. The van der Waals surface area contributed by atoms with Crippen LogP contribution in [0, 0.1) is 0 Å². The number of hydrogen-bond donors (Lipinski definition) is 2. The van der Waals surface area contributed by atoms with Crippen molar-refractivity contribution in [3.05, 3.63) is 35.4 Å². The van der Waals surface area contributed by atoms with Crippen LogP contribution in [0.4, 0.5) is 0 Å². The van der Waals surface area contributed by atoms with Gasteiger partial charge in [0, 0.05) is 38.6 Å². The summed E-state index contributed by atoms with van der Waals surface area (Å²) in [5.74, 6) is 1.10. The van der Waals surface area contributed by atoms with Crippen LogP contribution >= 0.6 is 0 Å². The number of amides is 1. The van der Waals surface area contributed by atoms with Gasteiger partial charge in [-0.3, -0.25) is 9.79 Å². The number of guanidine groups is 1. The summed E-state index contributed by atoms with van der Waals surface area (Å²) in [4.78, 5) is 21.8. The second kappa shape index (κ2) is 14.1. The van der Waals surface area contributed by atoms with Crippen molar-refractivity contribution in [2.45, 2.75) is 72.4 Å². The summed E-state index contributed by atoms with van der Waals surface area (Å²) < 4.78 is 0. The molecule has 1 heterocycles. The quantitative estimate of drug-likeness (QED) is 0.304. The molecule has 6 nitrogen and oxygen atoms in total. The Balaban J connectivity index is 1.71. The molecule has 1 aromatic carbocycles. The van der Waals surface area contributed by atoms with E-state index in [0.29, 0.717) is 19.0 Å². The van der Waals surface area contributed by atoms with Crippen LogP contribution in [-0.4, -0.2) is 67.0 Å². The minimum atomic E-state index is 0.243. The number of carbonyl (C=O) groups is 1. The highest BCUT2D eigenvalue weighted by Gasteiger charge is 2.19. The van der Waals surface area contributed by atoms with Crippen LogP contribution in [0.3, 0.4) is 0 Å². The topological polar surface area (TPSA) is 60.0 Å². The Morgan fingerprint density at radius 2 is 1.90 bits per heavy atom. The lowest BCUT2D eigenvalue weighted by Gasteiger charge is -2.29. The number of nitrogens with one attached hydrogen (secondary N) is 2. The molecule has 0 saturated carbocycles. The van der Waals surface area contributed by atoms with Crippen molar-refractivity contribution in [3.8, 4) is 0 Å². The normalized spacial score (nSPS) is 15.0. The Labute approximate surface area is 189 Å². The van der Waals surface area contributed by atoms with E-state index >= 15 is 0 Å². The number of nitrogens with zero attached hydrogens (tertiary/aromatic N) is 3. The van der Waals surface area contributed by atoms with Crippen LogP contribution in [0.5, 0.6) is 0 Å². The number of carbonyl (C=O) groups excluding carboxylic acids is 1. The summed E-state index contributed by atoms with van der Waals surface area (Å²) in [6.45, 7) is 15.2. The van der Waals surface area contributed by atoms with E-state index in [1.165, 1.54) is 17.5 Å². The van der Waals surface area contributed by atoms with E-state index in [1.807, 2.05) is 4.90 Å². The Morgan fingerprint density at radius 1 is 1.16 bits per heavy atom. The van der Waals surface area contributed by atoms with Gasteiger partial charge in [0.05, 0.1) is 0 Å². The summed E-state index contributed by atoms with van der Waals surface area (Å²) in [6, 6.07) is 8.82. The minimum Gasteiger partial charge on any atom is -0.357 e. The fourth-order valence-corrected chi connectivity index (χ4v) is 4.07. The van der Waals surface area contributed by atoms with E-state index in [4.69, 9.17) is 4.99 Å². The van der Waals surface area contributed by atoms with Crippen molar-refractivity contribution in [3.63, 3.8) is 0 Å². The van der Waals surface area contributed by atoms with Crippen molar-refractivity contribution >= 4 is 11.9 Å². The van der Waals surface area contributed by atoms with Crippen molar-refractivity contribution < 1.29 is 4.79 Å². The van der Waals surface area contributed by atoms with Gasteiger partial charge in [-0.1, -0.05) is 38.1 Å². The fourth-order valence-electron chi connectivity index (χ4n) is 4.07. The Hall–Kier alpha value is -2.08.